The number of urea groups is 1. The third-order valence-corrected chi connectivity index (χ3v) is 6.01. The molecular weight excluding hydrogens is 436 g/mol. The van der Waals surface area contributed by atoms with Gasteiger partial charge in [0, 0.05) is 5.56 Å². The highest BCUT2D eigenvalue weighted by atomic mass is 16.5. The van der Waals surface area contributed by atoms with E-state index in [0.717, 1.165) is 21.2 Å². The number of nitrogens with zero attached hydrogens (tertiary/aromatic N) is 3. The number of benzene rings is 3. The maximum atomic E-state index is 13.4. The second kappa shape index (κ2) is 8.18. The number of hydrogen-bond donors (Lipinski definition) is 1. The van der Waals surface area contributed by atoms with Gasteiger partial charge in [0.2, 0.25) is 11.7 Å². The summed E-state index contributed by atoms with van der Waals surface area (Å²) in [5.74, 6) is 1.14. The van der Waals surface area contributed by atoms with Crippen LogP contribution in [0.15, 0.2) is 65.2 Å². The molecule has 172 valence electrons. The zero-order valence-electron chi connectivity index (χ0n) is 18.9. The second-order valence-corrected chi connectivity index (χ2v) is 8.05. The summed E-state index contributed by atoms with van der Waals surface area (Å²) in [4.78, 5) is 31.7. The Morgan fingerprint density at radius 3 is 2.56 bits per heavy atom. The van der Waals surface area contributed by atoms with E-state index in [1.807, 2.05) is 42.5 Å². The van der Waals surface area contributed by atoms with Crippen molar-refractivity contribution in [3.63, 3.8) is 0 Å². The molecule has 5 rings (SSSR count). The molecule has 9 nitrogen and oxygen atoms in total. The molecule has 1 fully saturated rings. The highest BCUT2D eigenvalue weighted by Gasteiger charge is 2.50. The van der Waals surface area contributed by atoms with Crippen molar-refractivity contribution >= 4 is 22.7 Å². The van der Waals surface area contributed by atoms with Gasteiger partial charge in [0.25, 0.3) is 5.91 Å². The average Bonchev–Trinajstić information content (AvgIpc) is 3.42. The van der Waals surface area contributed by atoms with Crippen molar-refractivity contribution in [1.29, 1.82) is 0 Å². The molecule has 1 aliphatic heterocycles. The SMILES string of the molecule is COc1ccc(-c2noc(CN3C(=O)NC(C)(c4cccc5ccccc45)C3=O)n2)cc1OC. The van der Waals surface area contributed by atoms with Crippen LogP contribution in [0.4, 0.5) is 4.79 Å². The van der Waals surface area contributed by atoms with Crippen LogP contribution >= 0.6 is 0 Å². The molecule has 0 bridgehead atoms. The second-order valence-electron chi connectivity index (χ2n) is 8.05. The lowest BCUT2D eigenvalue weighted by Gasteiger charge is -2.23. The van der Waals surface area contributed by atoms with Gasteiger partial charge < -0.3 is 19.3 Å². The van der Waals surface area contributed by atoms with Gasteiger partial charge >= 0.3 is 6.03 Å². The van der Waals surface area contributed by atoms with E-state index in [4.69, 9.17) is 14.0 Å². The molecule has 1 atom stereocenters. The minimum Gasteiger partial charge on any atom is -0.493 e. The van der Waals surface area contributed by atoms with Crippen LogP contribution in [-0.2, 0) is 16.9 Å². The zero-order valence-corrected chi connectivity index (χ0v) is 18.9. The number of nitrogens with one attached hydrogen (secondary N) is 1. The number of rotatable bonds is 6. The van der Waals surface area contributed by atoms with Crippen LogP contribution in [0.25, 0.3) is 22.2 Å². The van der Waals surface area contributed by atoms with E-state index in [1.165, 1.54) is 7.11 Å². The molecule has 0 radical (unpaired) electrons. The number of carbonyl (C=O) groups is 2. The molecule has 1 saturated heterocycles. The van der Waals surface area contributed by atoms with Crippen molar-refractivity contribution in [2.24, 2.45) is 0 Å². The molecule has 1 N–H and O–H groups in total. The van der Waals surface area contributed by atoms with E-state index in [2.05, 4.69) is 15.5 Å². The van der Waals surface area contributed by atoms with Gasteiger partial charge in [0.15, 0.2) is 11.5 Å². The van der Waals surface area contributed by atoms with Crippen molar-refractivity contribution in [1.82, 2.24) is 20.4 Å². The first kappa shape index (κ1) is 21.4. The van der Waals surface area contributed by atoms with E-state index >= 15 is 0 Å². The van der Waals surface area contributed by atoms with Crippen LogP contribution in [0.1, 0.15) is 18.4 Å². The Labute approximate surface area is 195 Å². The molecule has 34 heavy (non-hydrogen) atoms. The van der Waals surface area contributed by atoms with Crippen LogP contribution in [0.2, 0.25) is 0 Å². The summed E-state index contributed by atoms with van der Waals surface area (Å²) in [5.41, 5.74) is 0.151. The maximum Gasteiger partial charge on any atom is 0.325 e. The van der Waals surface area contributed by atoms with E-state index in [9.17, 15) is 9.59 Å². The van der Waals surface area contributed by atoms with Gasteiger partial charge in [-0.2, -0.15) is 4.98 Å². The van der Waals surface area contributed by atoms with Gasteiger partial charge in [-0.3, -0.25) is 9.69 Å². The average molecular weight is 458 g/mol. The molecule has 4 aromatic rings. The molecule has 3 aromatic carbocycles. The summed E-state index contributed by atoms with van der Waals surface area (Å²) in [6.45, 7) is 1.56. The summed E-state index contributed by atoms with van der Waals surface area (Å²) in [6, 6.07) is 18.1. The van der Waals surface area contributed by atoms with Crippen LogP contribution in [0, 0.1) is 0 Å². The number of imide groups is 1. The number of methoxy groups -OCH3 is 2. The maximum absolute atomic E-state index is 13.4. The minimum atomic E-state index is -1.22. The third-order valence-electron chi connectivity index (χ3n) is 6.01. The molecule has 0 aliphatic carbocycles. The normalized spacial score (nSPS) is 17.8. The third kappa shape index (κ3) is 3.42. The molecule has 1 unspecified atom stereocenters. The van der Waals surface area contributed by atoms with Crippen molar-refractivity contribution in [2.45, 2.75) is 19.0 Å². The summed E-state index contributed by atoms with van der Waals surface area (Å²) >= 11 is 0. The minimum absolute atomic E-state index is 0.135. The predicted molar refractivity (Wildman–Crippen MR) is 123 cm³/mol. The number of ether oxygens (including phenoxy) is 2. The molecule has 2 heterocycles. The number of carbonyl (C=O) groups excluding carboxylic acids is 2. The molecule has 9 heteroatoms. The molecule has 0 saturated carbocycles. The lowest BCUT2D eigenvalue weighted by molar-refractivity contribution is -0.131. The van der Waals surface area contributed by atoms with Crippen molar-refractivity contribution < 1.29 is 23.6 Å². The van der Waals surface area contributed by atoms with E-state index in [1.54, 1.807) is 32.2 Å². The standard InChI is InChI=1S/C25H22N4O5/c1-25(18-10-6-8-15-7-4-5-9-17(15)18)23(30)29(24(31)27-25)14-21-26-22(28-34-21)16-11-12-19(32-2)20(13-16)33-3/h4-13H,14H2,1-3H3,(H,27,31). The number of fused-ring (bicyclic) bond motifs is 1. The number of amides is 3. The number of hydrogen-bond acceptors (Lipinski definition) is 7. The molecule has 0 spiro atoms. The van der Waals surface area contributed by atoms with Crippen molar-refractivity contribution in [3.8, 4) is 22.9 Å². The van der Waals surface area contributed by atoms with Crippen molar-refractivity contribution in [3.05, 3.63) is 72.1 Å². The van der Waals surface area contributed by atoms with Crippen LogP contribution < -0.4 is 14.8 Å². The lowest BCUT2D eigenvalue weighted by atomic mass is 9.88. The van der Waals surface area contributed by atoms with Gasteiger partial charge in [-0.15, -0.1) is 0 Å². The van der Waals surface area contributed by atoms with Crippen molar-refractivity contribution in [2.75, 3.05) is 14.2 Å². The van der Waals surface area contributed by atoms with Gasteiger partial charge in [0.1, 0.15) is 12.1 Å². The lowest BCUT2D eigenvalue weighted by Crippen LogP contribution is -2.41. The fourth-order valence-electron chi connectivity index (χ4n) is 4.23. The van der Waals surface area contributed by atoms with Crippen LogP contribution in [0.5, 0.6) is 11.5 Å². The largest absolute Gasteiger partial charge is 0.493 e. The summed E-state index contributed by atoms with van der Waals surface area (Å²) in [6.07, 6.45) is 0. The summed E-state index contributed by atoms with van der Waals surface area (Å²) in [7, 11) is 3.09. The Kier molecular flexibility index (Phi) is 5.16. The molecule has 3 amide bonds. The zero-order chi connectivity index (χ0) is 23.9. The summed E-state index contributed by atoms with van der Waals surface area (Å²) < 4.78 is 15.9. The Hall–Kier alpha value is -4.40. The number of aromatic nitrogens is 2. The van der Waals surface area contributed by atoms with Crippen LogP contribution in [0.3, 0.4) is 0 Å². The highest BCUT2D eigenvalue weighted by molar-refractivity contribution is 6.09. The first-order chi connectivity index (χ1) is 16.4. The fourth-order valence-corrected chi connectivity index (χ4v) is 4.23. The highest BCUT2D eigenvalue weighted by Crippen LogP contribution is 2.35. The first-order valence-electron chi connectivity index (χ1n) is 10.6. The Morgan fingerprint density at radius 2 is 1.76 bits per heavy atom. The van der Waals surface area contributed by atoms with Gasteiger partial charge in [-0.1, -0.05) is 47.6 Å². The quantitative estimate of drug-likeness (QED) is 0.437. The van der Waals surface area contributed by atoms with E-state index in [0.29, 0.717) is 22.9 Å². The van der Waals surface area contributed by atoms with Gasteiger partial charge in [-0.25, -0.2) is 4.79 Å². The summed E-state index contributed by atoms with van der Waals surface area (Å²) in [5, 5.41) is 8.72. The fraction of sp³-hybridized carbons (Fsp3) is 0.200. The Morgan fingerprint density at radius 1 is 1.00 bits per heavy atom. The molecular formula is C25H22N4O5. The Bertz CT molecular complexity index is 1410. The van der Waals surface area contributed by atoms with E-state index in [-0.39, 0.29) is 18.3 Å². The molecule has 1 aliphatic rings. The van der Waals surface area contributed by atoms with E-state index < -0.39 is 11.6 Å². The predicted octanol–water partition coefficient (Wildman–Crippen LogP) is 3.87. The smallest absolute Gasteiger partial charge is 0.325 e. The van der Waals surface area contributed by atoms with Gasteiger partial charge in [0.05, 0.1) is 14.2 Å². The topological polar surface area (TPSA) is 107 Å². The molecule has 1 aromatic heterocycles. The monoisotopic (exact) mass is 458 g/mol. The Balaban J connectivity index is 1.42. The van der Waals surface area contributed by atoms with Crippen LogP contribution in [-0.4, -0.2) is 41.2 Å². The first-order valence-corrected chi connectivity index (χ1v) is 10.6. The van der Waals surface area contributed by atoms with Gasteiger partial charge in [-0.05, 0) is 41.5 Å².